The molecule has 1 saturated heterocycles. The molecule has 2 aromatic carbocycles. The molecular weight excluding hydrogens is 444 g/mol. The van der Waals surface area contributed by atoms with Gasteiger partial charge in [0.05, 0.1) is 5.41 Å². The predicted molar refractivity (Wildman–Crippen MR) is 131 cm³/mol. The van der Waals surface area contributed by atoms with E-state index in [0.717, 1.165) is 24.0 Å². The average Bonchev–Trinajstić information content (AvgIpc) is 3.52. The number of aliphatic carboxylic acids is 1. The number of hydrogen-bond acceptors (Lipinski definition) is 4. The minimum atomic E-state index is -0.778. The number of nitrogens with zero attached hydrogens (tertiary/aromatic N) is 1. The van der Waals surface area contributed by atoms with Gasteiger partial charge in [0.15, 0.2) is 0 Å². The third-order valence-corrected chi connectivity index (χ3v) is 8.22. The Kier molecular flexibility index (Phi) is 6.26. The van der Waals surface area contributed by atoms with Gasteiger partial charge in [-0.25, -0.2) is 4.79 Å². The minimum absolute atomic E-state index is 0.00447. The fourth-order valence-electron chi connectivity index (χ4n) is 6.28. The van der Waals surface area contributed by atoms with Crippen LogP contribution in [-0.4, -0.2) is 54.2 Å². The minimum Gasteiger partial charge on any atom is -0.481 e. The van der Waals surface area contributed by atoms with E-state index in [9.17, 15) is 19.5 Å². The van der Waals surface area contributed by atoms with Gasteiger partial charge in [0, 0.05) is 31.5 Å². The molecule has 0 aromatic heterocycles. The van der Waals surface area contributed by atoms with Crippen LogP contribution in [0, 0.1) is 17.3 Å². The SMILES string of the molecule is CC(CCNC(=O)OCC1c2ccccc2-c2ccccc21)C(=O)N1CC2CCCC2(C(=O)O)C1. The van der Waals surface area contributed by atoms with Crippen molar-refractivity contribution >= 4 is 18.0 Å². The number of hydrogen-bond donors (Lipinski definition) is 2. The summed E-state index contributed by atoms with van der Waals surface area (Å²) in [7, 11) is 0. The van der Waals surface area contributed by atoms with Crippen molar-refractivity contribution in [3.63, 3.8) is 0 Å². The van der Waals surface area contributed by atoms with E-state index in [1.54, 1.807) is 4.90 Å². The molecule has 2 aliphatic carbocycles. The van der Waals surface area contributed by atoms with E-state index in [1.165, 1.54) is 11.1 Å². The van der Waals surface area contributed by atoms with Gasteiger partial charge in [-0.05, 0) is 47.4 Å². The quantitative estimate of drug-likeness (QED) is 0.622. The van der Waals surface area contributed by atoms with E-state index in [2.05, 4.69) is 29.6 Å². The summed E-state index contributed by atoms with van der Waals surface area (Å²) >= 11 is 0. The van der Waals surface area contributed by atoms with Gasteiger partial charge in [0.25, 0.3) is 0 Å². The smallest absolute Gasteiger partial charge is 0.407 e. The number of benzene rings is 2. The molecule has 2 aromatic rings. The van der Waals surface area contributed by atoms with Gasteiger partial charge >= 0.3 is 12.1 Å². The first-order valence-electron chi connectivity index (χ1n) is 12.5. The van der Waals surface area contributed by atoms with Crippen LogP contribution in [0.3, 0.4) is 0 Å². The number of rotatable bonds is 7. The molecule has 1 saturated carbocycles. The molecule has 3 unspecified atom stereocenters. The maximum absolute atomic E-state index is 12.9. The molecular formula is C28H32N2O5. The molecule has 3 atom stereocenters. The second-order valence-corrected chi connectivity index (χ2v) is 10.2. The fraction of sp³-hybridized carbons (Fsp3) is 0.464. The molecule has 0 spiro atoms. The van der Waals surface area contributed by atoms with Gasteiger partial charge in [0.2, 0.25) is 5.91 Å². The van der Waals surface area contributed by atoms with Gasteiger partial charge in [-0.1, -0.05) is 61.9 Å². The zero-order chi connectivity index (χ0) is 24.6. The number of likely N-dealkylation sites (tertiary alicyclic amines) is 1. The van der Waals surface area contributed by atoms with Crippen LogP contribution in [0.2, 0.25) is 0 Å². The van der Waals surface area contributed by atoms with Crippen LogP contribution >= 0.6 is 0 Å². The highest BCUT2D eigenvalue weighted by Gasteiger charge is 2.56. The Morgan fingerprint density at radius 1 is 1.11 bits per heavy atom. The number of carbonyl (C=O) groups is 3. The van der Waals surface area contributed by atoms with E-state index in [4.69, 9.17) is 4.74 Å². The fourth-order valence-corrected chi connectivity index (χ4v) is 6.28. The molecule has 5 rings (SSSR count). The standard InChI is InChI=1S/C28H32N2O5/c1-18(25(31)30-15-19-7-6-13-28(19,17-30)26(32)33)12-14-29-27(34)35-16-24-22-10-4-2-8-20(22)21-9-3-5-11-23(21)24/h2-5,8-11,18-19,24H,6-7,12-17H2,1H3,(H,29,34)(H,32,33). The summed E-state index contributed by atoms with van der Waals surface area (Å²) in [5, 5.41) is 12.5. The summed E-state index contributed by atoms with van der Waals surface area (Å²) in [6.07, 6.45) is 2.41. The molecule has 184 valence electrons. The van der Waals surface area contributed by atoms with Crippen molar-refractivity contribution in [3.05, 3.63) is 59.7 Å². The van der Waals surface area contributed by atoms with Crippen molar-refractivity contribution in [2.24, 2.45) is 17.3 Å². The lowest BCUT2D eigenvalue weighted by Gasteiger charge is -2.25. The molecule has 2 fully saturated rings. The van der Waals surface area contributed by atoms with E-state index < -0.39 is 17.5 Å². The molecule has 1 heterocycles. The Morgan fingerprint density at radius 2 is 1.77 bits per heavy atom. The lowest BCUT2D eigenvalue weighted by Crippen LogP contribution is -2.39. The third kappa shape index (κ3) is 4.17. The molecule has 3 aliphatic rings. The first-order chi connectivity index (χ1) is 16.9. The summed E-state index contributed by atoms with van der Waals surface area (Å²) in [5.41, 5.74) is 3.92. The van der Waals surface area contributed by atoms with Crippen molar-refractivity contribution in [3.8, 4) is 11.1 Å². The Balaban J connectivity index is 1.10. The van der Waals surface area contributed by atoms with Crippen molar-refractivity contribution in [2.45, 2.75) is 38.5 Å². The third-order valence-electron chi connectivity index (χ3n) is 8.22. The lowest BCUT2D eigenvalue weighted by atomic mass is 9.81. The summed E-state index contributed by atoms with van der Waals surface area (Å²) < 4.78 is 5.56. The van der Waals surface area contributed by atoms with Crippen molar-refractivity contribution in [2.75, 3.05) is 26.2 Å². The Hall–Kier alpha value is -3.35. The van der Waals surface area contributed by atoms with Crippen molar-refractivity contribution < 1.29 is 24.2 Å². The van der Waals surface area contributed by atoms with Crippen LogP contribution in [0.15, 0.2) is 48.5 Å². The lowest BCUT2D eigenvalue weighted by molar-refractivity contribution is -0.149. The number of ether oxygens (including phenoxy) is 1. The molecule has 0 bridgehead atoms. The maximum Gasteiger partial charge on any atom is 0.407 e. The number of carboxylic acid groups (broad SMARTS) is 1. The van der Waals surface area contributed by atoms with Crippen LogP contribution in [0.1, 0.15) is 49.7 Å². The maximum atomic E-state index is 12.9. The van der Waals surface area contributed by atoms with Crippen molar-refractivity contribution in [1.29, 1.82) is 0 Å². The van der Waals surface area contributed by atoms with E-state index in [1.807, 2.05) is 31.2 Å². The summed E-state index contributed by atoms with van der Waals surface area (Å²) in [6, 6.07) is 16.4. The second kappa shape index (κ2) is 9.36. The monoisotopic (exact) mass is 476 g/mol. The van der Waals surface area contributed by atoms with Crippen LogP contribution in [0.5, 0.6) is 0 Å². The number of alkyl carbamates (subject to hydrolysis) is 1. The zero-order valence-electron chi connectivity index (χ0n) is 20.0. The Morgan fingerprint density at radius 3 is 2.40 bits per heavy atom. The number of carboxylic acids is 1. The van der Waals surface area contributed by atoms with E-state index >= 15 is 0 Å². The molecule has 2 N–H and O–H groups in total. The van der Waals surface area contributed by atoms with E-state index in [0.29, 0.717) is 32.5 Å². The van der Waals surface area contributed by atoms with Gasteiger partial charge in [-0.3, -0.25) is 9.59 Å². The Labute approximate surface area is 205 Å². The van der Waals surface area contributed by atoms with E-state index in [-0.39, 0.29) is 30.3 Å². The second-order valence-electron chi connectivity index (χ2n) is 10.2. The molecule has 0 radical (unpaired) electrons. The van der Waals surface area contributed by atoms with Crippen LogP contribution in [0.25, 0.3) is 11.1 Å². The zero-order valence-corrected chi connectivity index (χ0v) is 20.0. The van der Waals surface area contributed by atoms with Crippen LogP contribution < -0.4 is 5.32 Å². The highest BCUT2D eigenvalue weighted by atomic mass is 16.5. The van der Waals surface area contributed by atoms with Gasteiger partial charge < -0.3 is 20.1 Å². The van der Waals surface area contributed by atoms with Gasteiger partial charge in [0.1, 0.15) is 6.61 Å². The largest absolute Gasteiger partial charge is 0.481 e. The van der Waals surface area contributed by atoms with Crippen LogP contribution in [-0.2, 0) is 14.3 Å². The molecule has 35 heavy (non-hydrogen) atoms. The summed E-state index contributed by atoms with van der Waals surface area (Å²) in [5.74, 6) is -1.05. The van der Waals surface area contributed by atoms with Crippen molar-refractivity contribution in [1.82, 2.24) is 10.2 Å². The normalized spacial score (nSPS) is 23.3. The molecule has 2 amide bonds. The molecule has 7 heteroatoms. The predicted octanol–water partition coefficient (Wildman–Crippen LogP) is 4.26. The first kappa shape index (κ1) is 23.4. The highest BCUT2D eigenvalue weighted by Crippen LogP contribution is 2.49. The number of fused-ring (bicyclic) bond motifs is 4. The Bertz CT molecular complexity index is 1100. The van der Waals surface area contributed by atoms with Gasteiger partial charge in [-0.15, -0.1) is 0 Å². The number of nitrogens with one attached hydrogen (secondary N) is 1. The first-order valence-corrected chi connectivity index (χ1v) is 12.5. The molecule has 1 aliphatic heterocycles. The summed E-state index contributed by atoms with van der Waals surface area (Å²) in [6.45, 7) is 3.24. The van der Waals surface area contributed by atoms with Gasteiger partial charge in [-0.2, -0.15) is 0 Å². The average molecular weight is 477 g/mol. The molecule has 7 nitrogen and oxygen atoms in total. The summed E-state index contributed by atoms with van der Waals surface area (Å²) in [4.78, 5) is 38.9. The number of amides is 2. The number of carbonyl (C=O) groups excluding carboxylic acids is 2. The van der Waals surface area contributed by atoms with Crippen LogP contribution in [0.4, 0.5) is 4.79 Å². The highest BCUT2D eigenvalue weighted by molar-refractivity contribution is 5.83. The topological polar surface area (TPSA) is 95.9 Å².